The van der Waals surface area contributed by atoms with Crippen LogP contribution in [0.15, 0.2) is 18.2 Å². The van der Waals surface area contributed by atoms with Crippen LogP contribution in [0.4, 0.5) is 8.78 Å². The topological polar surface area (TPSA) is 41.1 Å². The van der Waals surface area contributed by atoms with Crippen molar-refractivity contribution in [2.24, 2.45) is 5.41 Å². The Morgan fingerprint density at radius 1 is 1.40 bits per heavy atom. The number of hydrogen-bond donors (Lipinski definition) is 2. The molecule has 1 unspecified atom stereocenters. The minimum Gasteiger partial charge on any atom is -0.351 e. The summed E-state index contributed by atoms with van der Waals surface area (Å²) in [6.45, 7) is 4.49. The number of benzene rings is 1. The number of halogens is 3. The summed E-state index contributed by atoms with van der Waals surface area (Å²) in [5.41, 5.74) is 0.165. The zero-order valence-corrected chi connectivity index (χ0v) is 12.2. The lowest BCUT2D eigenvalue weighted by molar-refractivity contribution is 0.0924. The monoisotopic (exact) mass is 304 g/mol. The van der Waals surface area contributed by atoms with E-state index in [-0.39, 0.29) is 29.3 Å². The molecule has 1 saturated heterocycles. The highest BCUT2D eigenvalue weighted by Crippen LogP contribution is 2.24. The van der Waals surface area contributed by atoms with Crippen molar-refractivity contribution in [2.45, 2.75) is 19.8 Å². The summed E-state index contributed by atoms with van der Waals surface area (Å²) < 4.78 is 25.8. The molecule has 1 aromatic carbocycles. The molecule has 1 heterocycles. The van der Waals surface area contributed by atoms with Gasteiger partial charge in [-0.15, -0.1) is 12.4 Å². The van der Waals surface area contributed by atoms with Gasteiger partial charge in [0.05, 0.1) is 0 Å². The van der Waals surface area contributed by atoms with Crippen molar-refractivity contribution in [1.82, 2.24) is 10.6 Å². The standard InChI is InChI=1S/C14H18F2N2O.ClH/c1-14(5-2-6-17-8-14)9-18-13(19)10-3-4-11(15)12(16)7-10;/h3-4,7,17H,2,5-6,8-9H2,1H3,(H,18,19);1H. The van der Waals surface area contributed by atoms with Crippen LogP contribution in [0.1, 0.15) is 30.1 Å². The fourth-order valence-corrected chi connectivity index (χ4v) is 2.30. The normalized spacial score (nSPS) is 21.9. The average molecular weight is 305 g/mol. The molecule has 3 nitrogen and oxygen atoms in total. The van der Waals surface area contributed by atoms with Gasteiger partial charge in [-0.25, -0.2) is 8.78 Å². The maximum absolute atomic E-state index is 13.0. The molecule has 112 valence electrons. The fourth-order valence-electron chi connectivity index (χ4n) is 2.30. The van der Waals surface area contributed by atoms with Crippen LogP contribution in [0.2, 0.25) is 0 Å². The minimum absolute atomic E-state index is 0. The largest absolute Gasteiger partial charge is 0.351 e. The second-order valence-electron chi connectivity index (χ2n) is 5.40. The van der Waals surface area contributed by atoms with E-state index in [0.29, 0.717) is 6.54 Å². The first-order valence-electron chi connectivity index (χ1n) is 6.44. The van der Waals surface area contributed by atoms with Crippen molar-refractivity contribution in [3.8, 4) is 0 Å². The summed E-state index contributed by atoms with van der Waals surface area (Å²) in [6, 6.07) is 3.18. The predicted octanol–water partition coefficient (Wildman–Crippen LogP) is 2.51. The molecule has 0 saturated carbocycles. The van der Waals surface area contributed by atoms with Gasteiger partial charge in [-0.2, -0.15) is 0 Å². The number of hydrogen-bond acceptors (Lipinski definition) is 2. The number of piperidine rings is 1. The number of rotatable bonds is 3. The Morgan fingerprint density at radius 2 is 2.15 bits per heavy atom. The zero-order valence-electron chi connectivity index (χ0n) is 11.3. The molecule has 0 radical (unpaired) electrons. The molecule has 2 N–H and O–H groups in total. The Morgan fingerprint density at radius 3 is 2.75 bits per heavy atom. The van der Waals surface area contributed by atoms with Crippen LogP contribution in [0.3, 0.4) is 0 Å². The van der Waals surface area contributed by atoms with Gasteiger partial charge in [-0.1, -0.05) is 6.92 Å². The number of carbonyl (C=O) groups excluding carboxylic acids is 1. The summed E-state index contributed by atoms with van der Waals surface area (Å²) in [4.78, 5) is 11.9. The van der Waals surface area contributed by atoms with Crippen molar-refractivity contribution in [1.29, 1.82) is 0 Å². The lowest BCUT2D eigenvalue weighted by atomic mass is 9.83. The van der Waals surface area contributed by atoms with Gasteiger partial charge in [0.1, 0.15) is 0 Å². The Labute approximate surface area is 123 Å². The molecule has 0 spiro atoms. The van der Waals surface area contributed by atoms with Gasteiger partial charge in [0, 0.05) is 18.7 Å². The Kier molecular flexibility index (Phi) is 5.89. The SMILES string of the molecule is CC1(CNC(=O)c2ccc(F)c(F)c2)CCCNC1.Cl. The van der Waals surface area contributed by atoms with E-state index >= 15 is 0 Å². The molecule has 0 aromatic heterocycles. The van der Waals surface area contributed by atoms with Gasteiger partial charge in [0.25, 0.3) is 5.91 Å². The summed E-state index contributed by atoms with van der Waals surface area (Å²) in [7, 11) is 0. The van der Waals surface area contributed by atoms with E-state index in [1.54, 1.807) is 0 Å². The third kappa shape index (κ3) is 4.15. The number of nitrogens with one attached hydrogen (secondary N) is 2. The van der Waals surface area contributed by atoms with Crippen LogP contribution < -0.4 is 10.6 Å². The van der Waals surface area contributed by atoms with Gasteiger partial charge < -0.3 is 10.6 Å². The van der Waals surface area contributed by atoms with E-state index in [4.69, 9.17) is 0 Å². The third-order valence-electron chi connectivity index (χ3n) is 3.54. The summed E-state index contributed by atoms with van der Waals surface area (Å²) in [6.07, 6.45) is 2.12. The fraction of sp³-hybridized carbons (Fsp3) is 0.500. The molecule has 20 heavy (non-hydrogen) atoms. The van der Waals surface area contributed by atoms with Crippen molar-refractivity contribution in [3.63, 3.8) is 0 Å². The second kappa shape index (κ2) is 6.99. The molecule has 6 heteroatoms. The molecule has 1 aromatic rings. The van der Waals surface area contributed by atoms with E-state index < -0.39 is 11.6 Å². The molecule has 1 amide bonds. The molecule has 2 rings (SSSR count). The first-order chi connectivity index (χ1) is 9.00. The van der Waals surface area contributed by atoms with Crippen LogP contribution >= 0.6 is 12.4 Å². The van der Waals surface area contributed by atoms with Gasteiger partial charge in [0.15, 0.2) is 11.6 Å². The molecule has 1 aliphatic heterocycles. The molecule has 0 aliphatic carbocycles. The molecular weight excluding hydrogens is 286 g/mol. The van der Waals surface area contributed by atoms with E-state index in [9.17, 15) is 13.6 Å². The van der Waals surface area contributed by atoms with Crippen molar-refractivity contribution >= 4 is 18.3 Å². The third-order valence-corrected chi connectivity index (χ3v) is 3.54. The molecular formula is C14H19ClF2N2O. The van der Waals surface area contributed by atoms with Gasteiger partial charge in [-0.05, 0) is 43.0 Å². The predicted molar refractivity (Wildman–Crippen MR) is 76.1 cm³/mol. The summed E-state index contributed by atoms with van der Waals surface area (Å²) in [5, 5.41) is 6.08. The minimum atomic E-state index is -1.00. The molecule has 1 atom stereocenters. The highest BCUT2D eigenvalue weighted by molar-refractivity contribution is 5.94. The number of amides is 1. The zero-order chi connectivity index (χ0) is 13.9. The smallest absolute Gasteiger partial charge is 0.251 e. The first-order valence-corrected chi connectivity index (χ1v) is 6.44. The maximum atomic E-state index is 13.0. The molecule has 1 fully saturated rings. The Balaban J connectivity index is 0.00000200. The van der Waals surface area contributed by atoms with Gasteiger partial charge in [0.2, 0.25) is 0 Å². The van der Waals surface area contributed by atoms with Gasteiger partial charge in [-0.3, -0.25) is 4.79 Å². The lowest BCUT2D eigenvalue weighted by Crippen LogP contribution is -2.45. The van der Waals surface area contributed by atoms with Crippen molar-refractivity contribution < 1.29 is 13.6 Å². The maximum Gasteiger partial charge on any atom is 0.251 e. The van der Waals surface area contributed by atoms with E-state index in [2.05, 4.69) is 17.6 Å². The summed E-state index contributed by atoms with van der Waals surface area (Å²) in [5.74, 6) is -2.32. The summed E-state index contributed by atoms with van der Waals surface area (Å²) >= 11 is 0. The van der Waals surface area contributed by atoms with E-state index in [1.807, 2.05) is 0 Å². The van der Waals surface area contributed by atoms with Crippen LogP contribution in [0, 0.1) is 17.0 Å². The Hall–Kier alpha value is -1.20. The van der Waals surface area contributed by atoms with Crippen LogP contribution in [-0.2, 0) is 0 Å². The average Bonchev–Trinajstić information content (AvgIpc) is 2.40. The van der Waals surface area contributed by atoms with Crippen molar-refractivity contribution in [3.05, 3.63) is 35.4 Å². The molecule has 1 aliphatic rings. The van der Waals surface area contributed by atoms with Crippen LogP contribution in [0.25, 0.3) is 0 Å². The van der Waals surface area contributed by atoms with Crippen molar-refractivity contribution in [2.75, 3.05) is 19.6 Å². The van der Waals surface area contributed by atoms with E-state index in [1.165, 1.54) is 6.07 Å². The lowest BCUT2D eigenvalue weighted by Gasteiger charge is -2.34. The van der Waals surface area contributed by atoms with Crippen LogP contribution in [0.5, 0.6) is 0 Å². The first kappa shape index (κ1) is 16.9. The van der Waals surface area contributed by atoms with Gasteiger partial charge >= 0.3 is 0 Å². The van der Waals surface area contributed by atoms with E-state index in [0.717, 1.165) is 38.1 Å². The quantitative estimate of drug-likeness (QED) is 0.901. The highest BCUT2D eigenvalue weighted by Gasteiger charge is 2.27. The number of carbonyl (C=O) groups is 1. The molecule has 0 bridgehead atoms. The Bertz CT molecular complexity index is 476. The second-order valence-corrected chi connectivity index (χ2v) is 5.40. The highest BCUT2D eigenvalue weighted by atomic mass is 35.5. The van der Waals surface area contributed by atoms with Crippen LogP contribution in [-0.4, -0.2) is 25.5 Å².